The van der Waals surface area contributed by atoms with Crippen LogP contribution in [0, 0.1) is 5.92 Å². The number of nitrogens with one attached hydrogen (secondary N) is 1. The fraction of sp³-hybridized carbons (Fsp3) is 1.00. The predicted molar refractivity (Wildman–Crippen MR) is 54.3 cm³/mol. The molecule has 0 saturated heterocycles. The van der Waals surface area contributed by atoms with Gasteiger partial charge < -0.3 is 19.9 Å². The lowest BCUT2D eigenvalue weighted by Gasteiger charge is -2.10. The number of aliphatic hydroxyl groups is 1. The molecule has 1 unspecified atom stereocenters. The Hall–Kier alpha value is -0.160. The number of methoxy groups -OCH3 is 1. The summed E-state index contributed by atoms with van der Waals surface area (Å²) < 4.78 is 10.1. The third kappa shape index (κ3) is 5.54. The predicted octanol–water partition coefficient (Wildman–Crippen LogP) is 0.00990. The number of aliphatic hydroxyl groups excluding tert-OH is 1. The Kier molecular flexibility index (Phi) is 6.10. The molecule has 1 saturated carbocycles. The van der Waals surface area contributed by atoms with E-state index in [-0.39, 0.29) is 6.10 Å². The van der Waals surface area contributed by atoms with Gasteiger partial charge in [-0.3, -0.25) is 0 Å². The van der Waals surface area contributed by atoms with Crippen molar-refractivity contribution in [3.05, 3.63) is 0 Å². The molecule has 1 fully saturated rings. The fourth-order valence-electron chi connectivity index (χ4n) is 1.29. The molecule has 1 rings (SSSR count). The van der Waals surface area contributed by atoms with Crippen molar-refractivity contribution in [3.8, 4) is 0 Å². The second-order valence-corrected chi connectivity index (χ2v) is 3.71. The highest BCUT2D eigenvalue weighted by Gasteiger charge is 2.28. The van der Waals surface area contributed by atoms with E-state index in [0.717, 1.165) is 6.54 Å². The van der Waals surface area contributed by atoms with Crippen LogP contribution < -0.4 is 5.32 Å². The molecule has 0 spiro atoms. The van der Waals surface area contributed by atoms with Crippen molar-refractivity contribution in [2.75, 3.05) is 40.0 Å². The summed E-state index contributed by atoms with van der Waals surface area (Å²) in [4.78, 5) is 0. The van der Waals surface area contributed by atoms with Gasteiger partial charge in [-0.2, -0.15) is 0 Å². The van der Waals surface area contributed by atoms with Gasteiger partial charge in [0.15, 0.2) is 0 Å². The maximum absolute atomic E-state index is 9.51. The van der Waals surface area contributed by atoms with Crippen LogP contribution in [0.25, 0.3) is 0 Å². The molecule has 1 atom stereocenters. The third-order valence-corrected chi connectivity index (χ3v) is 2.37. The summed E-state index contributed by atoms with van der Waals surface area (Å²) in [7, 11) is 1.66. The molecule has 14 heavy (non-hydrogen) atoms. The van der Waals surface area contributed by atoms with Crippen molar-refractivity contribution in [1.29, 1.82) is 0 Å². The molecule has 1 aliphatic rings. The Morgan fingerprint density at radius 3 is 2.79 bits per heavy atom. The van der Waals surface area contributed by atoms with Crippen LogP contribution in [0.15, 0.2) is 0 Å². The summed E-state index contributed by atoms with van der Waals surface area (Å²) in [6, 6.07) is 0. The van der Waals surface area contributed by atoms with Gasteiger partial charge in [0.05, 0.1) is 25.9 Å². The van der Waals surface area contributed by atoms with Gasteiger partial charge in [0, 0.05) is 20.2 Å². The molecule has 2 N–H and O–H groups in total. The third-order valence-electron chi connectivity index (χ3n) is 2.37. The lowest BCUT2D eigenvalue weighted by molar-refractivity contribution is 0.0698. The van der Waals surface area contributed by atoms with E-state index in [2.05, 4.69) is 5.32 Å². The molecule has 0 heterocycles. The smallest absolute Gasteiger partial charge is 0.0700 e. The normalized spacial score (nSPS) is 18.4. The summed E-state index contributed by atoms with van der Waals surface area (Å²) in [6.07, 6.45) is 2.22. The Bertz CT molecular complexity index is 139. The average molecular weight is 203 g/mol. The Balaban J connectivity index is 1.75. The van der Waals surface area contributed by atoms with Crippen LogP contribution in [0.4, 0.5) is 0 Å². The fourth-order valence-corrected chi connectivity index (χ4v) is 1.29. The van der Waals surface area contributed by atoms with Crippen LogP contribution in [0.2, 0.25) is 0 Å². The number of rotatable bonds is 9. The highest BCUT2D eigenvalue weighted by atomic mass is 16.5. The first-order chi connectivity index (χ1) is 6.84. The van der Waals surface area contributed by atoms with Gasteiger partial charge in [-0.15, -0.1) is 0 Å². The van der Waals surface area contributed by atoms with E-state index in [1.165, 1.54) is 12.8 Å². The molecule has 0 aromatic rings. The first kappa shape index (κ1) is 11.9. The van der Waals surface area contributed by atoms with Gasteiger partial charge in [0.2, 0.25) is 0 Å². The van der Waals surface area contributed by atoms with Crippen LogP contribution in [-0.4, -0.2) is 51.2 Å². The largest absolute Gasteiger partial charge is 0.392 e. The first-order valence-electron chi connectivity index (χ1n) is 5.30. The SMILES string of the molecule is COCCOCCNCC(O)C1CC1. The molecule has 0 aliphatic heterocycles. The monoisotopic (exact) mass is 203 g/mol. The van der Waals surface area contributed by atoms with Crippen LogP contribution >= 0.6 is 0 Å². The van der Waals surface area contributed by atoms with E-state index in [4.69, 9.17) is 9.47 Å². The summed E-state index contributed by atoms with van der Waals surface area (Å²) >= 11 is 0. The molecule has 0 aromatic heterocycles. The molecule has 0 aromatic carbocycles. The first-order valence-corrected chi connectivity index (χ1v) is 5.30. The number of hydrogen-bond donors (Lipinski definition) is 2. The molecular weight excluding hydrogens is 182 g/mol. The minimum atomic E-state index is -0.158. The van der Waals surface area contributed by atoms with Crippen molar-refractivity contribution < 1.29 is 14.6 Å². The molecule has 0 radical (unpaired) electrons. The van der Waals surface area contributed by atoms with Gasteiger partial charge in [0.1, 0.15) is 0 Å². The van der Waals surface area contributed by atoms with Crippen molar-refractivity contribution in [2.24, 2.45) is 5.92 Å². The van der Waals surface area contributed by atoms with E-state index >= 15 is 0 Å². The highest BCUT2D eigenvalue weighted by molar-refractivity contribution is 4.81. The van der Waals surface area contributed by atoms with E-state index in [0.29, 0.717) is 32.3 Å². The maximum Gasteiger partial charge on any atom is 0.0700 e. The zero-order valence-electron chi connectivity index (χ0n) is 8.87. The molecule has 4 heteroatoms. The van der Waals surface area contributed by atoms with Crippen molar-refractivity contribution in [3.63, 3.8) is 0 Å². The molecule has 4 nitrogen and oxygen atoms in total. The number of hydrogen-bond acceptors (Lipinski definition) is 4. The molecule has 0 bridgehead atoms. The summed E-state index contributed by atoms with van der Waals surface area (Å²) in [6.45, 7) is 3.46. The summed E-state index contributed by atoms with van der Waals surface area (Å²) in [5, 5.41) is 12.7. The van der Waals surface area contributed by atoms with Crippen molar-refractivity contribution in [2.45, 2.75) is 18.9 Å². The summed E-state index contributed by atoms with van der Waals surface area (Å²) in [5.41, 5.74) is 0. The Labute approximate surface area is 85.6 Å². The minimum absolute atomic E-state index is 0.158. The van der Waals surface area contributed by atoms with Crippen LogP contribution in [0.1, 0.15) is 12.8 Å². The Morgan fingerprint density at radius 1 is 1.36 bits per heavy atom. The van der Waals surface area contributed by atoms with E-state index in [9.17, 15) is 5.11 Å². The number of ether oxygens (including phenoxy) is 2. The lowest BCUT2D eigenvalue weighted by Crippen LogP contribution is -2.30. The molecule has 1 aliphatic carbocycles. The zero-order chi connectivity index (χ0) is 10.2. The second-order valence-electron chi connectivity index (χ2n) is 3.71. The zero-order valence-corrected chi connectivity index (χ0v) is 8.87. The van der Waals surface area contributed by atoms with E-state index in [1.54, 1.807) is 7.11 Å². The molecule has 0 amide bonds. The molecular formula is C10H21NO3. The standard InChI is InChI=1S/C10H21NO3/c1-13-6-7-14-5-4-11-8-10(12)9-2-3-9/h9-12H,2-8H2,1H3. The van der Waals surface area contributed by atoms with Crippen LogP contribution in [-0.2, 0) is 9.47 Å². The van der Waals surface area contributed by atoms with Gasteiger partial charge in [-0.05, 0) is 18.8 Å². The Morgan fingerprint density at radius 2 is 2.14 bits per heavy atom. The van der Waals surface area contributed by atoms with E-state index < -0.39 is 0 Å². The lowest BCUT2D eigenvalue weighted by atomic mass is 10.2. The van der Waals surface area contributed by atoms with Gasteiger partial charge in [-0.1, -0.05) is 0 Å². The van der Waals surface area contributed by atoms with Crippen LogP contribution in [0.5, 0.6) is 0 Å². The minimum Gasteiger partial charge on any atom is -0.392 e. The highest BCUT2D eigenvalue weighted by Crippen LogP contribution is 2.32. The van der Waals surface area contributed by atoms with Gasteiger partial charge in [-0.25, -0.2) is 0 Å². The summed E-state index contributed by atoms with van der Waals surface area (Å²) in [5.74, 6) is 0.553. The van der Waals surface area contributed by atoms with Crippen molar-refractivity contribution >= 4 is 0 Å². The maximum atomic E-state index is 9.51. The topological polar surface area (TPSA) is 50.7 Å². The average Bonchev–Trinajstić information content (AvgIpc) is 2.99. The second kappa shape index (κ2) is 7.17. The van der Waals surface area contributed by atoms with E-state index in [1.807, 2.05) is 0 Å². The van der Waals surface area contributed by atoms with Crippen molar-refractivity contribution in [1.82, 2.24) is 5.32 Å². The van der Waals surface area contributed by atoms with Gasteiger partial charge in [0.25, 0.3) is 0 Å². The van der Waals surface area contributed by atoms with Gasteiger partial charge >= 0.3 is 0 Å². The quantitative estimate of drug-likeness (QED) is 0.518. The van der Waals surface area contributed by atoms with Crippen LogP contribution in [0.3, 0.4) is 0 Å². The molecule has 84 valence electrons.